The van der Waals surface area contributed by atoms with Gasteiger partial charge < -0.3 is 4.74 Å². The number of rotatable bonds is 6. The van der Waals surface area contributed by atoms with E-state index in [9.17, 15) is 8.42 Å². The Labute approximate surface area is 126 Å². The first-order chi connectivity index (χ1) is 9.51. The Bertz CT molecular complexity index is 686. The van der Waals surface area contributed by atoms with Gasteiger partial charge in [-0.15, -0.1) is 0 Å². The predicted molar refractivity (Wildman–Crippen MR) is 78.3 cm³/mol. The summed E-state index contributed by atoms with van der Waals surface area (Å²) in [5.41, 5.74) is 1.85. The van der Waals surface area contributed by atoms with Crippen LogP contribution in [0.15, 0.2) is 34.7 Å². The molecule has 5 nitrogen and oxygen atoms in total. The van der Waals surface area contributed by atoms with Crippen LogP contribution in [0.5, 0.6) is 0 Å². The van der Waals surface area contributed by atoms with Crippen molar-refractivity contribution < 1.29 is 13.2 Å². The lowest BCUT2D eigenvalue weighted by molar-refractivity contribution is 0.185. The molecular weight excluding hydrogens is 320 g/mol. The monoisotopic (exact) mass is 332 g/mol. The van der Waals surface area contributed by atoms with E-state index in [4.69, 9.17) is 16.3 Å². The molecule has 2 rings (SSSR count). The second-order valence-electron chi connectivity index (χ2n) is 4.01. The van der Waals surface area contributed by atoms with Crippen LogP contribution in [-0.4, -0.2) is 20.5 Å². The molecule has 0 aliphatic carbocycles. The molecule has 0 saturated carbocycles. The maximum absolute atomic E-state index is 12.0. The third kappa shape index (κ3) is 4.00. The van der Waals surface area contributed by atoms with Crippen molar-refractivity contribution in [3.05, 3.63) is 46.1 Å². The Kier molecular flexibility index (Phi) is 5.11. The van der Waals surface area contributed by atoms with Gasteiger partial charge in [-0.25, -0.2) is 18.1 Å². The summed E-state index contributed by atoms with van der Waals surface area (Å²) in [5.74, 6) is 0. The zero-order valence-electron chi connectivity index (χ0n) is 10.7. The van der Waals surface area contributed by atoms with Gasteiger partial charge in [-0.3, -0.25) is 0 Å². The van der Waals surface area contributed by atoms with Gasteiger partial charge in [0.2, 0.25) is 0 Å². The Balaban J connectivity index is 2.06. The van der Waals surface area contributed by atoms with Gasteiger partial charge in [0.15, 0.2) is 8.68 Å². The topological polar surface area (TPSA) is 68.3 Å². The summed E-state index contributed by atoms with van der Waals surface area (Å²) in [6.45, 7) is 0.695. The molecule has 0 unspecified atom stereocenters. The van der Waals surface area contributed by atoms with Crippen LogP contribution in [0.25, 0.3) is 0 Å². The predicted octanol–water partition coefficient (Wildman–Crippen LogP) is 2.42. The fraction of sp³-hybridized carbons (Fsp3) is 0.250. The van der Waals surface area contributed by atoms with Gasteiger partial charge in [0, 0.05) is 13.7 Å². The summed E-state index contributed by atoms with van der Waals surface area (Å²) in [4.78, 5) is 3.72. The normalized spacial score (nSPS) is 11.7. The number of hydrogen-bond acceptors (Lipinski definition) is 5. The largest absolute Gasteiger partial charge is 0.380 e. The summed E-state index contributed by atoms with van der Waals surface area (Å²) in [6.07, 6.45) is 1.25. The van der Waals surface area contributed by atoms with Crippen LogP contribution in [0, 0.1) is 0 Å². The molecule has 8 heteroatoms. The highest BCUT2D eigenvalue weighted by Crippen LogP contribution is 2.22. The quantitative estimate of drug-likeness (QED) is 0.882. The highest BCUT2D eigenvalue weighted by molar-refractivity contribution is 7.91. The number of nitrogens with one attached hydrogen (secondary N) is 1. The van der Waals surface area contributed by atoms with Crippen LogP contribution in [0.1, 0.15) is 11.1 Å². The highest BCUT2D eigenvalue weighted by atomic mass is 35.5. The average Bonchev–Trinajstić information content (AvgIpc) is 2.85. The first-order valence-corrected chi connectivity index (χ1v) is 8.37. The second kappa shape index (κ2) is 6.64. The summed E-state index contributed by atoms with van der Waals surface area (Å²) in [6, 6.07) is 7.53. The van der Waals surface area contributed by atoms with Gasteiger partial charge in [-0.1, -0.05) is 47.2 Å². The molecule has 0 amide bonds. The Morgan fingerprint density at radius 1 is 1.40 bits per heavy atom. The zero-order chi connectivity index (χ0) is 14.6. The smallest absolute Gasteiger partial charge is 0.252 e. The molecule has 2 aromatic rings. The standard InChI is InChI=1S/C12H13ClN2O3S2/c1-18-8-10-4-2-3-9(5-10)6-15-20(16,17)11-7-14-12(13)19-11/h2-5,7,15H,6,8H2,1H3. The zero-order valence-corrected chi connectivity index (χ0v) is 13.1. The number of ether oxygens (including phenoxy) is 1. The maximum Gasteiger partial charge on any atom is 0.252 e. The molecule has 0 aliphatic heterocycles. The Hall–Kier alpha value is -0.990. The van der Waals surface area contributed by atoms with Crippen molar-refractivity contribution in [1.82, 2.24) is 9.71 Å². The first kappa shape index (κ1) is 15.4. The van der Waals surface area contributed by atoms with Gasteiger partial charge in [-0.05, 0) is 11.1 Å². The number of methoxy groups -OCH3 is 1. The van der Waals surface area contributed by atoms with Gasteiger partial charge in [-0.2, -0.15) is 0 Å². The Morgan fingerprint density at radius 2 is 2.15 bits per heavy atom. The van der Waals surface area contributed by atoms with Gasteiger partial charge >= 0.3 is 0 Å². The van der Waals surface area contributed by atoms with Crippen LogP contribution >= 0.6 is 22.9 Å². The summed E-state index contributed by atoms with van der Waals surface area (Å²) in [5, 5.41) is 0. The number of sulfonamides is 1. The van der Waals surface area contributed by atoms with Crippen molar-refractivity contribution in [3.63, 3.8) is 0 Å². The van der Waals surface area contributed by atoms with Crippen molar-refractivity contribution >= 4 is 33.0 Å². The minimum absolute atomic E-state index is 0.107. The molecule has 0 bridgehead atoms. The van der Waals surface area contributed by atoms with Crippen LogP contribution in [0.4, 0.5) is 0 Å². The molecule has 1 N–H and O–H groups in total. The molecule has 0 atom stereocenters. The number of halogens is 1. The van der Waals surface area contributed by atoms with Crippen molar-refractivity contribution in [2.75, 3.05) is 7.11 Å². The van der Waals surface area contributed by atoms with E-state index in [2.05, 4.69) is 9.71 Å². The van der Waals surface area contributed by atoms with E-state index >= 15 is 0 Å². The fourth-order valence-electron chi connectivity index (χ4n) is 1.61. The van der Waals surface area contributed by atoms with E-state index in [1.165, 1.54) is 6.20 Å². The van der Waals surface area contributed by atoms with Crippen molar-refractivity contribution in [2.45, 2.75) is 17.4 Å². The molecule has 0 radical (unpaired) electrons. The summed E-state index contributed by atoms with van der Waals surface area (Å²) in [7, 11) is -1.96. The van der Waals surface area contributed by atoms with Crippen LogP contribution in [0.3, 0.4) is 0 Å². The molecule has 1 heterocycles. The van der Waals surface area contributed by atoms with E-state index in [-0.39, 0.29) is 15.2 Å². The summed E-state index contributed by atoms with van der Waals surface area (Å²) >= 11 is 6.57. The van der Waals surface area contributed by atoms with Crippen molar-refractivity contribution in [2.24, 2.45) is 0 Å². The van der Waals surface area contributed by atoms with Crippen LogP contribution in [0.2, 0.25) is 4.47 Å². The van der Waals surface area contributed by atoms with E-state index in [0.717, 1.165) is 22.5 Å². The molecule has 0 aliphatic rings. The minimum atomic E-state index is -3.57. The molecule has 108 valence electrons. The number of aromatic nitrogens is 1. The van der Waals surface area contributed by atoms with E-state index in [0.29, 0.717) is 6.61 Å². The maximum atomic E-state index is 12.0. The molecule has 0 saturated heterocycles. The third-order valence-electron chi connectivity index (χ3n) is 2.49. The van der Waals surface area contributed by atoms with Crippen LogP contribution < -0.4 is 4.72 Å². The van der Waals surface area contributed by atoms with E-state index < -0.39 is 10.0 Å². The minimum Gasteiger partial charge on any atom is -0.380 e. The fourth-order valence-corrected chi connectivity index (χ4v) is 3.96. The number of benzene rings is 1. The average molecular weight is 333 g/mol. The lowest BCUT2D eigenvalue weighted by Gasteiger charge is -2.06. The summed E-state index contributed by atoms with van der Waals surface area (Å²) < 4.78 is 31.9. The Morgan fingerprint density at radius 3 is 2.80 bits per heavy atom. The second-order valence-corrected chi connectivity index (χ2v) is 7.62. The SMILES string of the molecule is COCc1cccc(CNS(=O)(=O)c2cnc(Cl)s2)c1. The van der Waals surface area contributed by atoms with Gasteiger partial charge in [0.1, 0.15) is 0 Å². The van der Waals surface area contributed by atoms with Gasteiger partial charge in [0.05, 0.1) is 12.8 Å². The number of nitrogens with zero attached hydrogens (tertiary/aromatic N) is 1. The molecule has 20 heavy (non-hydrogen) atoms. The molecule has 0 spiro atoms. The third-order valence-corrected chi connectivity index (χ3v) is 5.47. The number of thiazole rings is 1. The van der Waals surface area contributed by atoms with Crippen LogP contribution in [-0.2, 0) is 27.9 Å². The molecule has 1 aromatic heterocycles. The number of hydrogen-bond donors (Lipinski definition) is 1. The molecule has 0 fully saturated rings. The first-order valence-electron chi connectivity index (χ1n) is 5.69. The lowest BCUT2D eigenvalue weighted by Crippen LogP contribution is -2.22. The van der Waals surface area contributed by atoms with Crippen molar-refractivity contribution in [3.8, 4) is 0 Å². The van der Waals surface area contributed by atoms with Crippen molar-refractivity contribution in [1.29, 1.82) is 0 Å². The molecular formula is C12H13ClN2O3S2. The van der Waals surface area contributed by atoms with E-state index in [1.54, 1.807) is 7.11 Å². The molecule has 1 aromatic carbocycles. The van der Waals surface area contributed by atoms with E-state index in [1.807, 2.05) is 24.3 Å². The van der Waals surface area contributed by atoms with Gasteiger partial charge in [0.25, 0.3) is 10.0 Å². The lowest BCUT2D eigenvalue weighted by atomic mass is 10.1. The highest BCUT2D eigenvalue weighted by Gasteiger charge is 2.17.